The Hall–Kier alpha value is -3.33. The van der Waals surface area contributed by atoms with E-state index in [1.54, 1.807) is 81.3 Å². The van der Waals surface area contributed by atoms with Crippen LogP contribution in [0.25, 0.3) is 22.0 Å². The van der Waals surface area contributed by atoms with Gasteiger partial charge in [-0.25, -0.2) is 13.2 Å². The van der Waals surface area contributed by atoms with E-state index in [1.165, 1.54) is 13.7 Å². The average Bonchev–Trinajstić information content (AvgIpc) is 3.55. The molecule has 0 aliphatic carbocycles. The number of nitrogens with zero attached hydrogens (tertiary/aromatic N) is 2. The number of esters is 1. The quantitative estimate of drug-likeness (QED) is 0.0544. The molecular weight excluding hydrogens is 841 g/mol. The number of hydrogen-bond donors (Lipinski definition) is 1. The Labute approximate surface area is 326 Å². The van der Waals surface area contributed by atoms with Crippen LogP contribution in [0.2, 0.25) is 0 Å². The fraction of sp³-hybridized carbons (Fsp3) is 0.444. The predicted molar refractivity (Wildman–Crippen MR) is 214 cm³/mol. The zero-order chi connectivity index (χ0) is 38.4. The van der Waals surface area contributed by atoms with Gasteiger partial charge in [0.2, 0.25) is 10.0 Å². The van der Waals surface area contributed by atoms with Gasteiger partial charge in [0.1, 0.15) is 41.6 Å². The molecule has 53 heavy (non-hydrogen) atoms. The van der Waals surface area contributed by atoms with E-state index in [0.29, 0.717) is 91.2 Å². The van der Waals surface area contributed by atoms with Gasteiger partial charge < -0.3 is 37.7 Å². The van der Waals surface area contributed by atoms with Crippen molar-refractivity contribution in [3.05, 3.63) is 71.3 Å². The van der Waals surface area contributed by atoms with Crippen LogP contribution in [0.1, 0.15) is 27.7 Å². The van der Waals surface area contributed by atoms with Crippen LogP contribution < -0.4 is 19.8 Å². The summed E-state index contributed by atoms with van der Waals surface area (Å²) < 4.78 is 70.0. The lowest BCUT2D eigenvalue weighted by atomic mass is 10.0. The number of sulfonamides is 1. The topological polar surface area (TPSA) is 155 Å². The van der Waals surface area contributed by atoms with E-state index in [-0.39, 0.29) is 24.5 Å². The molecule has 14 nitrogen and oxygen atoms in total. The molecule has 0 aliphatic heterocycles. The Morgan fingerprint density at radius 2 is 1.51 bits per heavy atom. The molecule has 0 unspecified atom stereocenters. The Morgan fingerprint density at radius 3 is 2.15 bits per heavy atom. The maximum absolute atomic E-state index is 13.1. The molecule has 2 aromatic carbocycles. The Morgan fingerprint density at radius 1 is 0.868 bits per heavy atom. The first-order chi connectivity index (χ1) is 25.3. The number of carbonyl (C=O) groups excluding carboxylic acids is 1. The Bertz CT molecular complexity index is 1980. The van der Waals surface area contributed by atoms with Gasteiger partial charge in [0.05, 0.1) is 52.0 Å². The predicted octanol–water partition coefficient (Wildman–Crippen LogP) is 6.19. The zero-order valence-electron chi connectivity index (χ0n) is 30.4. The molecule has 0 aliphatic rings. The number of ether oxygens (including phenoxy) is 7. The largest absolute Gasteiger partial charge is 0.491 e. The first-order valence-corrected chi connectivity index (χ1v) is 21.8. The van der Waals surface area contributed by atoms with Crippen LogP contribution in [0, 0.1) is 0 Å². The molecule has 0 spiro atoms. The van der Waals surface area contributed by atoms with Gasteiger partial charge in [0.25, 0.3) is 5.56 Å². The van der Waals surface area contributed by atoms with Crippen LogP contribution in [-0.2, 0) is 45.5 Å². The molecule has 0 atom stereocenters. The third-order valence-corrected chi connectivity index (χ3v) is 10.3. The second-order valence-electron chi connectivity index (χ2n) is 12.5. The van der Waals surface area contributed by atoms with Crippen molar-refractivity contribution in [3.63, 3.8) is 0 Å². The third-order valence-electron chi connectivity index (χ3n) is 7.27. The normalized spacial score (nSPS) is 11.9. The van der Waals surface area contributed by atoms with Crippen molar-refractivity contribution in [2.75, 3.05) is 69.9 Å². The highest BCUT2D eigenvalue weighted by Crippen LogP contribution is 2.40. The molecule has 0 amide bonds. The molecule has 2 aromatic heterocycles. The molecule has 0 fully saturated rings. The molecule has 0 bridgehead atoms. The van der Waals surface area contributed by atoms with E-state index in [9.17, 15) is 18.0 Å². The molecule has 1 N–H and O–H groups in total. The highest BCUT2D eigenvalue weighted by Gasteiger charge is 2.19. The number of carbonyl (C=O) groups is 1. The van der Waals surface area contributed by atoms with Crippen LogP contribution in [0.3, 0.4) is 0 Å². The van der Waals surface area contributed by atoms with Crippen molar-refractivity contribution in [2.45, 2.75) is 33.3 Å². The molecule has 0 radical (unpaired) electrons. The summed E-state index contributed by atoms with van der Waals surface area (Å²) >= 11 is 2.12. The fourth-order valence-corrected chi connectivity index (χ4v) is 6.87. The maximum Gasteiger partial charge on any atom is 0.332 e. The van der Waals surface area contributed by atoms with Gasteiger partial charge in [-0.15, -0.1) is 0 Å². The number of nitrogens with one attached hydrogen (secondary N) is 1. The lowest BCUT2D eigenvalue weighted by molar-refractivity contribution is -0.160. The van der Waals surface area contributed by atoms with Crippen molar-refractivity contribution in [3.8, 4) is 28.4 Å². The van der Waals surface area contributed by atoms with Gasteiger partial charge in [0.15, 0.2) is 0 Å². The number of aryl methyl sites for hydroxylation is 1. The maximum atomic E-state index is 13.1. The van der Waals surface area contributed by atoms with E-state index in [0.717, 1.165) is 0 Å². The summed E-state index contributed by atoms with van der Waals surface area (Å²) in [4.78, 5) is 24.7. The molecule has 0 saturated heterocycles. The summed E-state index contributed by atoms with van der Waals surface area (Å²) in [6, 6.07) is 14.1. The number of halogens is 1. The monoisotopic (exact) mass is 887 g/mol. The molecule has 4 aromatic rings. The van der Waals surface area contributed by atoms with Gasteiger partial charge in [-0.2, -0.15) is 0 Å². The van der Waals surface area contributed by atoms with E-state index in [4.69, 9.17) is 33.2 Å². The van der Waals surface area contributed by atoms with Gasteiger partial charge in [-0.3, -0.25) is 13.5 Å². The molecular formula is C36H46IN3O11S2. The van der Waals surface area contributed by atoms with Crippen LogP contribution in [0.5, 0.6) is 17.2 Å². The number of fused-ring (bicyclic) bond motifs is 1. The van der Waals surface area contributed by atoms with Crippen molar-refractivity contribution >= 4 is 62.9 Å². The van der Waals surface area contributed by atoms with Gasteiger partial charge in [0, 0.05) is 78.0 Å². The van der Waals surface area contributed by atoms with Crippen molar-refractivity contribution < 1.29 is 46.4 Å². The SMILES string of the molecule is CCS(=O)(=O)Nc1ccc(Oc2cccc(OCCOCCOCCOCCOCC(=O)OC(C)(C)C)c2)c(-c2cn(C)c(=O)c3c2ccn3SI)c1. The van der Waals surface area contributed by atoms with Crippen molar-refractivity contribution in [1.29, 1.82) is 0 Å². The number of pyridine rings is 1. The number of benzene rings is 2. The van der Waals surface area contributed by atoms with E-state index >= 15 is 0 Å². The van der Waals surface area contributed by atoms with E-state index in [1.807, 2.05) is 18.3 Å². The van der Waals surface area contributed by atoms with Crippen LogP contribution in [-0.4, -0.2) is 93.7 Å². The van der Waals surface area contributed by atoms with E-state index < -0.39 is 21.6 Å². The fourth-order valence-electron chi connectivity index (χ4n) is 4.91. The summed E-state index contributed by atoms with van der Waals surface area (Å²) in [5.41, 5.74) is 1.46. The number of aromatic nitrogens is 2. The lowest BCUT2D eigenvalue weighted by Gasteiger charge is -2.19. The first kappa shape index (κ1) is 42.4. The number of hydrogen-bond acceptors (Lipinski definition) is 12. The first-order valence-electron chi connectivity index (χ1n) is 16.9. The van der Waals surface area contributed by atoms with Crippen molar-refractivity contribution in [2.24, 2.45) is 7.05 Å². The van der Waals surface area contributed by atoms with Crippen LogP contribution >= 0.6 is 30.3 Å². The number of anilines is 1. The number of rotatable bonds is 22. The summed E-state index contributed by atoms with van der Waals surface area (Å²) in [5, 5.41) is 0.701. The van der Waals surface area contributed by atoms with Gasteiger partial charge >= 0.3 is 5.97 Å². The van der Waals surface area contributed by atoms with Crippen LogP contribution in [0.15, 0.2) is 65.7 Å². The van der Waals surface area contributed by atoms with Gasteiger partial charge in [-0.1, -0.05) is 6.07 Å². The summed E-state index contributed by atoms with van der Waals surface area (Å²) in [7, 11) is -0.492. The highest BCUT2D eigenvalue weighted by atomic mass is 127. The molecule has 290 valence electrons. The Kier molecular flexibility index (Phi) is 16.3. The van der Waals surface area contributed by atoms with Gasteiger partial charge in [-0.05, 0) is 64.1 Å². The molecule has 0 saturated carbocycles. The standard InChI is InChI=1S/C36H46IN3O11S2/c1-6-53(43,44)38-26-10-11-32(30(22-26)31-24-39(5)35(42)34-29(31)12-13-40(34)52-37)50-28-9-7-8-27(23-28)49-21-20-47-17-16-45-14-15-46-18-19-48-25-33(41)51-36(2,3)4/h7-13,22-24,38H,6,14-21,25H2,1-5H3. The van der Waals surface area contributed by atoms with Crippen molar-refractivity contribution in [1.82, 2.24) is 8.54 Å². The second kappa shape index (κ2) is 20.4. The second-order valence-corrected chi connectivity index (χ2v) is 16.3. The molecule has 4 rings (SSSR count). The third kappa shape index (κ3) is 13.5. The minimum Gasteiger partial charge on any atom is -0.491 e. The summed E-state index contributed by atoms with van der Waals surface area (Å²) in [5.74, 6) is 1.03. The zero-order valence-corrected chi connectivity index (χ0v) is 34.2. The minimum atomic E-state index is -3.54. The van der Waals surface area contributed by atoms with Crippen LogP contribution in [0.4, 0.5) is 5.69 Å². The molecule has 17 heteroatoms. The molecule has 2 heterocycles. The lowest BCUT2D eigenvalue weighted by Crippen LogP contribution is -2.27. The highest BCUT2D eigenvalue weighted by molar-refractivity contribution is 14.2. The summed E-state index contributed by atoms with van der Waals surface area (Å²) in [6.45, 7) is 9.69. The smallest absolute Gasteiger partial charge is 0.332 e. The Balaban J connectivity index is 1.27. The summed E-state index contributed by atoms with van der Waals surface area (Å²) in [6.07, 6.45) is 3.54. The average molecular weight is 888 g/mol. The van der Waals surface area contributed by atoms with E-state index in [2.05, 4.69) is 25.9 Å². The minimum absolute atomic E-state index is 0.0835.